The SMILES string of the molecule is NC(=O)CCOc1ccc2c(c1)OCO2. The Labute approximate surface area is 86.7 Å². The molecular weight excluding hydrogens is 198 g/mol. The number of amides is 1. The van der Waals surface area contributed by atoms with Crippen LogP contribution >= 0.6 is 0 Å². The molecule has 0 saturated heterocycles. The maximum Gasteiger partial charge on any atom is 0.231 e. The maximum atomic E-state index is 10.5. The summed E-state index contributed by atoms with van der Waals surface area (Å²) in [6.45, 7) is 0.509. The van der Waals surface area contributed by atoms with E-state index in [9.17, 15) is 4.79 Å². The van der Waals surface area contributed by atoms with Gasteiger partial charge in [0.2, 0.25) is 12.7 Å². The van der Waals surface area contributed by atoms with Crippen LogP contribution in [0.5, 0.6) is 17.2 Å². The third-order valence-electron chi connectivity index (χ3n) is 1.96. The van der Waals surface area contributed by atoms with Gasteiger partial charge in [0, 0.05) is 6.07 Å². The summed E-state index contributed by atoms with van der Waals surface area (Å²) in [5, 5.41) is 0. The van der Waals surface area contributed by atoms with Crippen molar-refractivity contribution in [2.45, 2.75) is 6.42 Å². The molecule has 0 spiro atoms. The molecule has 1 heterocycles. The van der Waals surface area contributed by atoms with Crippen LogP contribution in [0.1, 0.15) is 6.42 Å². The van der Waals surface area contributed by atoms with E-state index in [2.05, 4.69) is 0 Å². The smallest absolute Gasteiger partial charge is 0.231 e. The number of rotatable bonds is 4. The first-order chi connectivity index (χ1) is 7.25. The molecule has 0 unspecified atom stereocenters. The van der Waals surface area contributed by atoms with Gasteiger partial charge in [-0.3, -0.25) is 4.79 Å². The van der Waals surface area contributed by atoms with Crippen LogP contribution in [0, 0.1) is 0 Å². The van der Waals surface area contributed by atoms with Gasteiger partial charge in [0.1, 0.15) is 5.75 Å². The number of hydrogen-bond acceptors (Lipinski definition) is 4. The molecule has 1 aromatic rings. The van der Waals surface area contributed by atoms with Crippen LogP contribution < -0.4 is 19.9 Å². The second kappa shape index (κ2) is 4.08. The number of ether oxygens (including phenoxy) is 3. The second-order valence-corrected chi connectivity index (χ2v) is 3.08. The Morgan fingerprint density at radius 1 is 1.40 bits per heavy atom. The number of carbonyl (C=O) groups excluding carboxylic acids is 1. The summed E-state index contributed by atoms with van der Waals surface area (Å²) < 4.78 is 15.6. The van der Waals surface area contributed by atoms with Gasteiger partial charge in [-0.05, 0) is 12.1 Å². The molecule has 5 nitrogen and oxygen atoms in total. The summed E-state index contributed by atoms with van der Waals surface area (Å²) >= 11 is 0. The van der Waals surface area contributed by atoms with E-state index in [1.807, 2.05) is 0 Å². The van der Waals surface area contributed by atoms with E-state index in [4.69, 9.17) is 19.9 Å². The van der Waals surface area contributed by atoms with E-state index in [-0.39, 0.29) is 25.7 Å². The molecule has 0 atom stereocenters. The summed E-state index contributed by atoms with van der Waals surface area (Å²) in [5.74, 6) is 1.63. The van der Waals surface area contributed by atoms with E-state index in [1.54, 1.807) is 18.2 Å². The third kappa shape index (κ3) is 2.31. The summed E-state index contributed by atoms with van der Waals surface area (Å²) in [5.41, 5.74) is 4.98. The Hall–Kier alpha value is -1.91. The Morgan fingerprint density at radius 3 is 3.00 bits per heavy atom. The molecule has 80 valence electrons. The molecule has 0 saturated carbocycles. The number of hydrogen-bond donors (Lipinski definition) is 1. The molecule has 1 amide bonds. The molecule has 1 aliphatic rings. The average Bonchev–Trinajstić information content (AvgIpc) is 2.64. The first kappa shape index (κ1) is 9.64. The minimum absolute atomic E-state index is 0.203. The van der Waals surface area contributed by atoms with Crippen LogP contribution in [-0.4, -0.2) is 19.3 Å². The van der Waals surface area contributed by atoms with Crippen molar-refractivity contribution in [3.63, 3.8) is 0 Å². The zero-order valence-corrected chi connectivity index (χ0v) is 8.06. The number of nitrogens with two attached hydrogens (primary N) is 1. The summed E-state index contributed by atoms with van der Waals surface area (Å²) in [7, 11) is 0. The Balaban J connectivity index is 1.95. The highest BCUT2D eigenvalue weighted by atomic mass is 16.7. The van der Waals surface area contributed by atoms with Gasteiger partial charge >= 0.3 is 0 Å². The number of carbonyl (C=O) groups is 1. The van der Waals surface area contributed by atoms with E-state index >= 15 is 0 Å². The van der Waals surface area contributed by atoms with Gasteiger partial charge in [-0.15, -0.1) is 0 Å². The van der Waals surface area contributed by atoms with Crippen LogP contribution in [0.3, 0.4) is 0 Å². The highest BCUT2D eigenvalue weighted by Crippen LogP contribution is 2.34. The topological polar surface area (TPSA) is 70.8 Å². The summed E-state index contributed by atoms with van der Waals surface area (Å²) in [4.78, 5) is 10.5. The molecule has 15 heavy (non-hydrogen) atoms. The van der Waals surface area contributed by atoms with Crippen LogP contribution in [-0.2, 0) is 4.79 Å². The van der Waals surface area contributed by atoms with Crippen molar-refractivity contribution in [1.82, 2.24) is 0 Å². The predicted octanol–water partition coefficient (Wildman–Crippen LogP) is 0.669. The van der Waals surface area contributed by atoms with Gasteiger partial charge in [-0.1, -0.05) is 0 Å². The van der Waals surface area contributed by atoms with E-state index in [0.717, 1.165) is 0 Å². The van der Waals surface area contributed by atoms with Crippen molar-refractivity contribution in [3.8, 4) is 17.2 Å². The molecule has 0 bridgehead atoms. The first-order valence-electron chi connectivity index (χ1n) is 4.56. The molecular formula is C10H11NO4. The van der Waals surface area contributed by atoms with Crippen LogP contribution in [0.15, 0.2) is 18.2 Å². The molecule has 2 rings (SSSR count). The maximum absolute atomic E-state index is 10.5. The fourth-order valence-corrected chi connectivity index (χ4v) is 1.24. The molecule has 0 fully saturated rings. The molecule has 5 heteroatoms. The monoisotopic (exact) mass is 209 g/mol. The molecule has 0 radical (unpaired) electrons. The molecule has 0 aromatic heterocycles. The van der Waals surface area contributed by atoms with E-state index in [1.165, 1.54) is 0 Å². The number of fused-ring (bicyclic) bond motifs is 1. The molecule has 1 aliphatic heterocycles. The zero-order chi connectivity index (χ0) is 10.7. The van der Waals surface area contributed by atoms with Gasteiger partial charge in [0.05, 0.1) is 13.0 Å². The summed E-state index contributed by atoms with van der Waals surface area (Å²) in [6.07, 6.45) is 0.203. The fraction of sp³-hybridized carbons (Fsp3) is 0.300. The molecule has 1 aromatic carbocycles. The Bertz CT molecular complexity index is 378. The largest absolute Gasteiger partial charge is 0.493 e. The Kier molecular flexibility index (Phi) is 2.62. The molecule has 0 aliphatic carbocycles. The highest BCUT2D eigenvalue weighted by molar-refractivity contribution is 5.73. The first-order valence-corrected chi connectivity index (χ1v) is 4.56. The van der Waals surface area contributed by atoms with Crippen molar-refractivity contribution >= 4 is 5.91 Å². The predicted molar refractivity (Wildman–Crippen MR) is 51.9 cm³/mol. The third-order valence-corrected chi connectivity index (χ3v) is 1.96. The van der Waals surface area contributed by atoms with Crippen LogP contribution in [0.4, 0.5) is 0 Å². The lowest BCUT2D eigenvalue weighted by Gasteiger charge is -2.05. The van der Waals surface area contributed by atoms with E-state index < -0.39 is 0 Å². The minimum Gasteiger partial charge on any atom is -0.493 e. The lowest BCUT2D eigenvalue weighted by molar-refractivity contribution is -0.118. The van der Waals surface area contributed by atoms with Crippen molar-refractivity contribution in [1.29, 1.82) is 0 Å². The lowest BCUT2D eigenvalue weighted by atomic mass is 10.3. The minimum atomic E-state index is -0.379. The number of primary amides is 1. The van der Waals surface area contributed by atoms with Gasteiger partial charge in [-0.25, -0.2) is 0 Å². The fourth-order valence-electron chi connectivity index (χ4n) is 1.24. The van der Waals surface area contributed by atoms with Crippen molar-refractivity contribution < 1.29 is 19.0 Å². The normalized spacial score (nSPS) is 12.5. The standard InChI is InChI=1S/C10H11NO4/c11-10(12)3-4-13-7-1-2-8-9(5-7)15-6-14-8/h1-2,5H,3-4,6H2,(H2,11,12). The van der Waals surface area contributed by atoms with Crippen molar-refractivity contribution in [2.75, 3.05) is 13.4 Å². The van der Waals surface area contributed by atoms with Gasteiger partial charge < -0.3 is 19.9 Å². The average molecular weight is 209 g/mol. The van der Waals surface area contributed by atoms with Gasteiger partial charge in [0.25, 0.3) is 0 Å². The zero-order valence-electron chi connectivity index (χ0n) is 8.06. The van der Waals surface area contributed by atoms with Crippen molar-refractivity contribution in [3.05, 3.63) is 18.2 Å². The van der Waals surface area contributed by atoms with Gasteiger partial charge in [-0.2, -0.15) is 0 Å². The van der Waals surface area contributed by atoms with Crippen molar-refractivity contribution in [2.24, 2.45) is 5.73 Å². The van der Waals surface area contributed by atoms with Crippen LogP contribution in [0.2, 0.25) is 0 Å². The Morgan fingerprint density at radius 2 is 2.20 bits per heavy atom. The quantitative estimate of drug-likeness (QED) is 0.791. The van der Waals surface area contributed by atoms with E-state index in [0.29, 0.717) is 17.2 Å². The summed E-state index contributed by atoms with van der Waals surface area (Å²) in [6, 6.07) is 5.25. The number of benzene rings is 1. The van der Waals surface area contributed by atoms with Crippen LogP contribution in [0.25, 0.3) is 0 Å². The highest BCUT2D eigenvalue weighted by Gasteiger charge is 2.13. The van der Waals surface area contributed by atoms with Gasteiger partial charge in [0.15, 0.2) is 11.5 Å². The molecule has 2 N–H and O–H groups in total. The second-order valence-electron chi connectivity index (χ2n) is 3.08. The lowest BCUT2D eigenvalue weighted by Crippen LogP contribution is -2.14.